The molecule has 9 heteroatoms. The highest BCUT2D eigenvalue weighted by molar-refractivity contribution is 6.30. The summed E-state index contributed by atoms with van der Waals surface area (Å²) in [6, 6.07) is 11.9. The van der Waals surface area contributed by atoms with Gasteiger partial charge in [-0.1, -0.05) is 23.7 Å². The van der Waals surface area contributed by atoms with E-state index in [4.69, 9.17) is 11.6 Å². The second kappa shape index (κ2) is 8.88. The van der Waals surface area contributed by atoms with Gasteiger partial charge in [-0.2, -0.15) is 8.78 Å². The summed E-state index contributed by atoms with van der Waals surface area (Å²) < 4.78 is 28.9. The molecule has 6 nitrogen and oxygen atoms in total. The van der Waals surface area contributed by atoms with Crippen LogP contribution in [0.1, 0.15) is 17.9 Å². The molecule has 2 aromatic rings. The van der Waals surface area contributed by atoms with Gasteiger partial charge in [-0.3, -0.25) is 4.79 Å². The van der Waals surface area contributed by atoms with Crippen LogP contribution in [0.5, 0.6) is 5.75 Å². The molecule has 1 saturated heterocycles. The predicted octanol–water partition coefficient (Wildman–Crippen LogP) is 3.74. The van der Waals surface area contributed by atoms with Crippen molar-refractivity contribution in [2.45, 2.75) is 25.0 Å². The number of anilines is 1. The number of urea groups is 1. The molecule has 1 aliphatic heterocycles. The molecule has 3 rings (SSSR count). The number of amides is 3. The van der Waals surface area contributed by atoms with E-state index in [-0.39, 0.29) is 36.6 Å². The lowest BCUT2D eigenvalue weighted by atomic mass is 9.85. The molecule has 0 bridgehead atoms. The number of nitrogens with one attached hydrogen (secondary N) is 3. The van der Waals surface area contributed by atoms with Gasteiger partial charge in [0.25, 0.3) is 0 Å². The maximum atomic E-state index is 12.3. The third kappa shape index (κ3) is 5.32. The zero-order chi connectivity index (χ0) is 20.1. The molecule has 148 valence electrons. The van der Waals surface area contributed by atoms with Gasteiger partial charge in [-0.05, 0) is 42.0 Å². The second-order valence-corrected chi connectivity index (χ2v) is 6.71. The number of benzene rings is 2. The molecule has 0 aromatic heterocycles. The Labute approximate surface area is 165 Å². The molecule has 0 unspecified atom stereocenters. The zero-order valence-electron chi connectivity index (χ0n) is 14.6. The summed E-state index contributed by atoms with van der Waals surface area (Å²) in [5.74, 6) is -0.414. The third-order valence-electron chi connectivity index (χ3n) is 4.36. The monoisotopic (exact) mass is 409 g/mol. The average molecular weight is 410 g/mol. The Hall–Kier alpha value is -2.87. The minimum Gasteiger partial charge on any atom is -0.435 e. The van der Waals surface area contributed by atoms with E-state index in [0.717, 1.165) is 5.56 Å². The first-order valence-corrected chi connectivity index (χ1v) is 8.93. The Morgan fingerprint density at radius 3 is 2.46 bits per heavy atom. The summed E-state index contributed by atoms with van der Waals surface area (Å²) in [7, 11) is 0. The Bertz CT molecular complexity index is 831. The standard InChI is InChI=1S/C19H18ClF2N3O3/c20-12-3-5-13(6-4-12)24-19(27)25-16-10-23-17(26)9-15(16)11-1-7-14(8-2-11)28-18(21)22/h1-8,15-16,18H,9-10H2,(H,23,26)(H2,24,25,27)/t15-,16+/m1/s1. The van der Waals surface area contributed by atoms with Crippen LogP contribution < -0.4 is 20.7 Å². The molecule has 0 aliphatic carbocycles. The van der Waals surface area contributed by atoms with Gasteiger partial charge in [0.2, 0.25) is 5.91 Å². The van der Waals surface area contributed by atoms with E-state index in [0.29, 0.717) is 10.7 Å². The van der Waals surface area contributed by atoms with Crippen molar-refractivity contribution in [3.05, 3.63) is 59.1 Å². The maximum Gasteiger partial charge on any atom is 0.387 e. The Morgan fingerprint density at radius 1 is 1.14 bits per heavy atom. The number of carbonyl (C=O) groups excluding carboxylic acids is 2. The summed E-state index contributed by atoms with van der Waals surface area (Å²) in [5.41, 5.74) is 1.32. The van der Waals surface area contributed by atoms with Crippen LogP contribution in [-0.4, -0.2) is 31.1 Å². The van der Waals surface area contributed by atoms with Gasteiger partial charge in [-0.25, -0.2) is 4.79 Å². The number of hydrogen-bond donors (Lipinski definition) is 3. The van der Waals surface area contributed by atoms with Crippen molar-refractivity contribution >= 4 is 29.2 Å². The van der Waals surface area contributed by atoms with Gasteiger partial charge in [0.1, 0.15) is 5.75 Å². The highest BCUT2D eigenvalue weighted by atomic mass is 35.5. The van der Waals surface area contributed by atoms with Crippen molar-refractivity contribution in [1.82, 2.24) is 10.6 Å². The minimum atomic E-state index is -2.91. The fraction of sp³-hybridized carbons (Fsp3) is 0.263. The smallest absolute Gasteiger partial charge is 0.387 e. The minimum absolute atomic E-state index is 0.0315. The lowest BCUT2D eigenvalue weighted by molar-refractivity contribution is -0.123. The van der Waals surface area contributed by atoms with Gasteiger partial charge in [0.15, 0.2) is 0 Å². The largest absolute Gasteiger partial charge is 0.435 e. The van der Waals surface area contributed by atoms with Crippen molar-refractivity contribution < 1.29 is 23.1 Å². The lowest BCUT2D eigenvalue weighted by Crippen LogP contribution is -2.52. The molecule has 0 saturated carbocycles. The molecular weight excluding hydrogens is 392 g/mol. The van der Waals surface area contributed by atoms with Crippen molar-refractivity contribution in [3.63, 3.8) is 0 Å². The molecule has 2 atom stereocenters. The number of ether oxygens (including phenoxy) is 1. The quantitative estimate of drug-likeness (QED) is 0.704. The number of alkyl halides is 2. The van der Waals surface area contributed by atoms with E-state index >= 15 is 0 Å². The number of hydrogen-bond acceptors (Lipinski definition) is 3. The molecule has 1 aliphatic rings. The Morgan fingerprint density at radius 2 is 1.82 bits per heavy atom. The SMILES string of the molecule is O=C1C[C@H](c2ccc(OC(F)F)cc2)[C@@H](NC(=O)Nc2ccc(Cl)cc2)CN1. The highest BCUT2D eigenvalue weighted by Gasteiger charge is 2.31. The van der Waals surface area contributed by atoms with Crippen molar-refractivity contribution in [2.75, 3.05) is 11.9 Å². The molecule has 1 heterocycles. The Balaban J connectivity index is 1.68. The first-order valence-electron chi connectivity index (χ1n) is 8.55. The lowest BCUT2D eigenvalue weighted by Gasteiger charge is -2.32. The van der Waals surface area contributed by atoms with E-state index in [1.807, 2.05) is 0 Å². The molecule has 2 aromatic carbocycles. The number of carbonyl (C=O) groups is 2. The summed E-state index contributed by atoms with van der Waals surface area (Å²) >= 11 is 5.82. The summed E-state index contributed by atoms with van der Waals surface area (Å²) in [6.07, 6.45) is 0.168. The van der Waals surface area contributed by atoms with Gasteiger partial charge < -0.3 is 20.7 Å². The van der Waals surface area contributed by atoms with Gasteiger partial charge in [0.05, 0.1) is 6.04 Å². The van der Waals surface area contributed by atoms with Crippen LogP contribution in [0.4, 0.5) is 19.3 Å². The zero-order valence-corrected chi connectivity index (χ0v) is 15.4. The topological polar surface area (TPSA) is 79.5 Å². The third-order valence-corrected chi connectivity index (χ3v) is 4.61. The molecule has 28 heavy (non-hydrogen) atoms. The van der Waals surface area contributed by atoms with E-state index in [1.54, 1.807) is 36.4 Å². The number of halogens is 3. The van der Waals surface area contributed by atoms with Crippen LogP contribution in [0, 0.1) is 0 Å². The van der Waals surface area contributed by atoms with Gasteiger partial charge in [-0.15, -0.1) is 0 Å². The van der Waals surface area contributed by atoms with Crippen LogP contribution in [0.3, 0.4) is 0 Å². The summed E-state index contributed by atoms with van der Waals surface area (Å²) in [4.78, 5) is 24.2. The first kappa shape index (κ1) is 19.9. The summed E-state index contributed by atoms with van der Waals surface area (Å²) in [5, 5.41) is 8.83. The molecule has 3 N–H and O–H groups in total. The average Bonchev–Trinajstić information content (AvgIpc) is 2.65. The van der Waals surface area contributed by atoms with Gasteiger partial charge >= 0.3 is 12.6 Å². The molecule has 0 spiro atoms. The van der Waals surface area contributed by atoms with E-state index in [2.05, 4.69) is 20.7 Å². The van der Waals surface area contributed by atoms with Crippen LogP contribution in [0.2, 0.25) is 5.02 Å². The normalized spacial score (nSPS) is 19.1. The van der Waals surface area contributed by atoms with Crippen LogP contribution in [-0.2, 0) is 4.79 Å². The predicted molar refractivity (Wildman–Crippen MR) is 101 cm³/mol. The van der Waals surface area contributed by atoms with E-state index in [9.17, 15) is 18.4 Å². The van der Waals surface area contributed by atoms with Crippen molar-refractivity contribution in [1.29, 1.82) is 0 Å². The second-order valence-electron chi connectivity index (χ2n) is 6.27. The first-order chi connectivity index (χ1) is 13.4. The van der Waals surface area contributed by atoms with Crippen LogP contribution in [0.25, 0.3) is 0 Å². The van der Waals surface area contributed by atoms with Crippen molar-refractivity contribution in [2.24, 2.45) is 0 Å². The van der Waals surface area contributed by atoms with Crippen molar-refractivity contribution in [3.8, 4) is 5.75 Å². The van der Waals surface area contributed by atoms with E-state index < -0.39 is 12.6 Å². The summed E-state index contributed by atoms with van der Waals surface area (Å²) in [6.45, 7) is -2.65. The molecule has 0 radical (unpaired) electrons. The highest BCUT2D eigenvalue weighted by Crippen LogP contribution is 2.28. The number of piperidine rings is 1. The fourth-order valence-corrected chi connectivity index (χ4v) is 3.17. The van der Waals surface area contributed by atoms with Gasteiger partial charge in [0, 0.05) is 29.6 Å². The number of rotatable bonds is 5. The fourth-order valence-electron chi connectivity index (χ4n) is 3.05. The van der Waals surface area contributed by atoms with E-state index in [1.165, 1.54) is 12.1 Å². The molecule has 1 fully saturated rings. The van der Waals surface area contributed by atoms with Crippen LogP contribution in [0.15, 0.2) is 48.5 Å². The maximum absolute atomic E-state index is 12.3. The molecule has 3 amide bonds. The molecular formula is C19H18ClF2N3O3. The Kier molecular flexibility index (Phi) is 6.30. The van der Waals surface area contributed by atoms with Crippen LogP contribution >= 0.6 is 11.6 Å².